The average molecular weight is 312 g/mol. The Morgan fingerprint density at radius 1 is 1.40 bits per heavy atom. The number of rotatable bonds is 4. The van der Waals surface area contributed by atoms with Gasteiger partial charge < -0.3 is 5.73 Å². The van der Waals surface area contributed by atoms with Gasteiger partial charge >= 0.3 is 0 Å². The van der Waals surface area contributed by atoms with Crippen molar-refractivity contribution >= 4 is 27.0 Å². The number of aryl methyl sites for hydroxylation is 2. The molecule has 3 N–H and O–H groups in total. The van der Waals surface area contributed by atoms with E-state index in [1.54, 1.807) is 6.92 Å². The first-order chi connectivity index (χ1) is 9.31. The number of nitrogen functional groups attached to an aromatic ring is 1. The highest BCUT2D eigenvalue weighted by molar-refractivity contribution is 7.89. The van der Waals surface area contributed by atoms with E-state index in [2.05, 4.69) is 14.7 Å². The molecule has 0 radical (unpaired) electrons. The van der Waals surface area contributed by atoms with E-state index >= 15 is 0 Å². The van der Waals surface area contributed by atoms with Gasteiger partial charge in [0.15, 0.2) is 0 Å². The van der Waals surface area contributed by atoms with Crippen LogP contribution in [-0.4, -0.2) is 18.4 Å². The molecule has 1 unspecified atom stereocenters. The van der Waals surface area contributed by atoms with Gasteiger partial charge in [0.2, 0.25) is 10.0 Å². The first kappa shape index (κ1) is 14.9. The van der Waals surface area contributed by atoms with E-state index in [0.29, 0.717) is 0 Å². The molecule has 0 spiro atoms. The molecule has 108 valence electrons. The van der Waals surface area contributed by atoms with E-state index in [1.165, 1.54) is 29.8 Å². The van der Waals surface area contributed by atoms with Crippen molar-refractivity contribution in [3.05, 3.63) is 34.0 Å². The highest BCUT2D eigenvalue weighted by Crippen LogP contribution is 2.26. The quantitative estimate of drug-likeness (QED) is 0.896. The van der Waals surface area contributed by atoms with E-state index in [9.17, 15) is 8.42 Å². The van der Waals surface area contributed by atoms with Crippen LogP contribution in [0.15, 0.2) is 23.4 Å². The van der Waals surface area contributed by atoms with Gasteiger partial charge in [0.05, 0.1) is 22.4 Å². The van der Waals surface area contributed by atoms with Gasteiger partial charge in [-0.3, -0.25) is 4.98 Å². The number of nitrogens with two attached hydrogens (primary N) is 1. The summed E-state index contributed by atoms with van der Waals surface area (Å²) in [6, 6.07) is 1.09. The van der Waals surface area contributed by atoms with Crippen molar-refractivity contribution < 1.29 is 8.42 Å². The molecule has 0 amide bonds. The molecule has 0 aromatic carbocycles. The lowest BCUT2D eigenvalue weighted by Crippen LogP contribution is -2.27. The summed E-state index contributed by atoms with van der Waals surface area (Å²) < 4.78 is 27.2. The fraction of sp³-hybridized carbons (Fsp3) is 0.333. The lowest BCUT2D eigenvalue weighted by atomic mass is 10.2. The van der Waals surface area contributed by atoms with Crippen molar-refractivity contribution in [1.82, 2.24) is 14.7 Å². The van der Waals surface area contributed by atoms with E-state index in [-0.39, 0.29) is 16.6 Å². The zero-order valence-corrected chi connectivity index (χ0v) is 13.0. The summed E-state index contributed by atoms with van der Waals surface area (Å²) in [5, 5.41) is 0.907. The average Bonchev–Trinajstić information content (AvgIpc) is 2.68. The minimum atomic E-state index is -3.70. The number of pyridine rings is 1. The molecule has 2 aromatic heterocycles. The molecule has 0 fully saturated rings. The van der Waals surface area contributed by atoms with E-state index in [1.807, 2.05) is 13.8 Å². The maximum absolute atomic E-state index is 12.3. The van der Waals surface area contributed by atoms with Gasteiger partial charge in [0.25, 0.3) is 0 Å². The van der Waals surface area contributed by atoms with Crippen LogP contribution in [0, 0.1) is 13.8 Å². The minimum absolute atomic E-state index is 0.00857. The molecule has 0 bridgehead atoms. The predicted octanol–water partition coefficient (Wildman–Crippen LogP) is 1.78. The number of aromatic nitrogens is 2. The number of thiazole rings is 1. The molecular weight excluding hydrogens is 296 g/mol. The van der Waals surface area contributed by atoms with Crippen LogP contribution in [0.5, 0.6) is 0 Å². The normalized spacial score (nSPS) is 13.3. The maximum Gasteiger partial charge on any atom is 0.244 e. The van der Waals surface area contributed by atoms with Crippen LogP contribution < -0.4 is 10.5 Å². The van der Waals surface area contributed by atoms with Crippen LogP contribution >= 0.6 is 11.3 Å². The molecule has 2 aromatic rings. The Hall–Kier alpha value is -1.51. The van der Waals surface area contributed by atoms with Crippen LogP contribution in [-0.2, 0) is 10.0 Å². The Bertz CT molecular complexity index is 725. The predicted molar refractivity (Wildman–Crippen MR) is 79.0 cm³/mol. The summed E-state index contributed by atoms with van der Waals surface area (Å²) in [4.78, 5) is 8.99. The summed E-state index contributed by atoms with van der Waals surface area (Å²) >= 11 is 1.48. The molecule has 1 atom stereocenters. The zero-order chi connectivity index (χ0) is 14.9. The smallest absolute Gasteiger partial charge is 0.244 e. The molecule has 2 rings (SSSR count). The summed E-state index contributed by atoms with van der Waals surface area (Å²) in [6.07, 6.45) is 2.70. The summed E-state index contributed by atoms with van der Waals surface area (Å²) in [6.45, 7) is 5.54. The van der Waals surface area contributed by atoms with Crippen molar-refractivity contribution in [2.24, 2.45) is 0 Å². The third kappa shape index (κ3) is 2.97. The summed E-state index contributed by atoms with van der Waals surface area (Å²) in [5.74, 6) is 0. The van der Waals surface area contributed by atoms with Gasteiger partial charge in [-0.25, -0.2) is 18.1 Å². The van der Waals surface area contributed by atoms with Crippen LogP contribution in [0.2, 0.25) is 0 Å². The highest BCUT2D eigenvalue weighted by Gasteiger charge is 2.23. The number of hydrogen-bond acceptors (Lipinski definition) is 6. The molecule has 0 aliphatic carbocycles. The first-order valence-corrected chi connectivity index (χ1v) is 8.27. The Morgan fingerprint density at radius 3 is 2.65 bits per heavy atom. The molecule has 20 heavy (non-hydrogen) atoms. The summed E-state index contributed by atoms with van der Waals surface area (Å²) in [5.41, 5.74) is 6.70. The number of sulfonamides is 1. The lowest BCUT2D eigenvalue weighted by molar-refractivity contribution is 0.568. The molecule has 0 aliphatic heterocycles. The molecule has 0 saturated carbocycles. The van der Waals surface area contributed by atoms with Gasteiger partial charge in [-0.1, -0.05) is 0 Å². The second-order valence-electron chi connectivity index (χ2n) is 4.44. The molecular formula is C12H16N4O2S2. The number of nitrogens with one attached hydrogen (secondary N) is 1. The van der Waals surface area contributed by atoms with Crippen molar-refractivity contribution in [3.63, 3.8) is 0 Å². The maximum atomic E-state index is 12.3. The number of hydrogen-bond donors (Lipinski definition) is 2. The second-order valence-corrected chi connectivity index (χ2v) is 7.36. The molecule has 0 aliphatic rings. The van der Waals surface area contributed by atoms with Crippen LogP contribution in [0.25, 0.3) is 0 Å². The van der Waals surface area contributed by atoms with E-state index in [4.69, 9.17) is 5.73 Å². The van der Waals surface area contributed by atoms with Gasteiger partial charge in [0, 0.05) is 17.3 Å². The number of nitrogens with zero attached hydrogens (tertiary/aromatic N) is 2. The standard InChI is InChI=1S/C12H16N4O2S2/c1-7-12(19-9(3)15-7)8(2)16-20(17,18)11-6-14-5-4-10(11)13/h4-6,8,16H,1-3H3,(H2,13,14). The van der Waals surface area contributed by atoms with Crippen molar-refractivity contribution in [1.29, 1.82) is 0 Å². The molecule has 8 heteroatoms. The van der Waals surface area contributed by atoms with Gasteiger partial charge in [-0.15, -0.1) is 11.3 Å². The summed E-state index contributed by atoms with van der Waals surface area (Å²) in [7, 11) is -3.70. The van der Waals surface area contributed by atoms with Crippen molar-refractivity contribution in [2.75, 3.05) is 5.73 Å². The van der Waals surface area contributed by atoms with E-state index in [0.717, 1.165) is 15.6 Å². The molecule has 2 heterocycles. The zero-order valence-electron chi connectivity index (χ0n) is 11.4. The topological polar surface area (TPSA) is 98.0 Å². The first-order valence-electron chi connectivity index (χ1n) is 5.97. The largest absolute Gasteiger partial charge is 0.398 e. The SMILES string of the molecule is Cc1nc(C)c(C(C)NS(=O)(=O)c2cnccc2N)s1. The second kappa shape index (κ2) is 5.47. The Morgan fingerprint density at radius 2 is 2.10 bits per heavy atom. The minimum Gasteiger partial charge on any atom is -0.398 e. The van der Waals surface area contributed by atoms with Crippen LogP contribution in [0.3, 0.4) is 0 Å². The Balaban J connectivity index is 2.29. The molecule has 0 saturated heterocycles. The lowest BCUT2D eigenvalue weighted by Gasteiger charge is -2.14. The fourth-order valence-corrected chi connectivity index (χ4v) is 4.21. The van der Waals surface area contributed by atoms with Crippen LogP contribution in [0.4, 0.5) is 5.69 Å². The Labute approximate surface area is 122 Å². The third-order valence-corrected chi connectivity index (χ3v) is 5.61. The monoisotopic (exact) mass is 312 g/mol. The third-order valence-electron chi connectivity index (χ3n) is 2.77. The highest BCUT2D eigenvalue weighted by atomic mass is 32.2. The van der Waals surface area contributed by atoms with E-state index < -0.39 is 10.0 Å². The van der Waals surface area contributed by atoms with Gasteiger partial charge in [-0.2, -0.15) is 0 Å². The van der Waals surface area contributed by atoms with Crippen molar-refractivity contribution in [2.45, 2.75) is 31.7 Å². The van der Waals surface area contributed by atoms with Crippen molar-refractivity contribution in [3.8, 4) is 0 Å². The van der Waals surface area contributed by atoms with Gasteiger partial charge in [-0.05, 0) is 26.8 Å². The fourth-order valence-electron chi connectivity index (χ4n) is 1.91. The number of anilines is 1. The van der Waals surface area contributed by atoms with Gasteiger partial charge in [0.1, 0.15) is 4.90 Å². The van der Waals surface area contributed by atoms with Crippen LogP contribution in [0.1, 0.15) is 28.5 Å². The molecule has 6 nitrogen and oxygen atoms in total. The Kier molecular flexibility index (Phi) is 4.07.